The highest BCUT2D eigenvalue weighted by Crippen LogP contribution is 2.45. The number of nitrogens with one attached hydrogen (secondary N) is 1. The van der Waals surface area contributed by atoms with Gasteiger partial charge in [0.15, 0.2) is 0 Å². The predicted octanol–water partition coefficient (Wildman–Crippen LogP) is 3.49. The van der Waals surface area contributed by atoms with Crippen LogP contribution in [0.15, 0.2) is 28.7 Å². The fraction of sp³-hybridized carbons (Fsp3) is 0.467. The Hall–Kier alpha value is -1.36. The number of hydrazine groups is 1. The highest BCUT2D eigenvalue weighted by molar-refractivity contribution is 9.10. The van der Waals surface area contributed by atoms with E-state index in [0.29, 0.717) is 6.42 Å². The van der Waals surface area contributed by atoms with Crippen molar-refractivity contribution in [2.75, 3.05) is 5.43 Å². The van der Waals surface area contributed by atoms with E-state index in [4.69, 9.17) is 0 Å². The first-order valence-corrected chi connectivity index (χ1v) is 7.80. The maximum atomic E-state index is 12.6. The lowest BCUT2D eigenvalue weighted by molar-refractivity contribution is -0.140. The molecular weight excluding hydrogens is 320 g/mol. The summed E-state index contributed by atoms with van der Waals surface area (Å²) < 4.78 is 0.964. The average molecular weight is 337 g/mol. The number of hydrogen-bond donors (Lipinski definition) is 1. The summed E-state index contributed by atoms with van der Waals surface area (Å²) in [6.07, 6.45) is 5.31. The van der Waals surface area contributed by atoms with Crippen LogP contribution in [0.4, 0.5) is 5.69 Å². The fourth-order valence-corrected chi connectivity index (χ4v) is 3.44. The molecule has 1 aliphatic heterocycles. The van der Waals surface area contributed by atoms with Gasteiger partial charge < -0.3 is 0 Å². The Morgan fingerprint density at radius 1 is 1.05 bits per heavy atom. The summed E-state index contributed by atoms with van der Waals surface area (Å²) in [5.41, 5.74) is 3.27. The molecule has 0 radical (unpaired) electrons. The van der Waals surface area contributed by atoms with Gasteiger partial charge in [-0.2, -0.15) is 5.01 Å². The Balaban J connectivity index is 1.78. The van der Waals surface area contributed by atoms with Crippen molar-refractivity contribution in [3.63, 3.8) is 0 Å². The number of carbonyl (C=O) groups excluding carboxylic acids is 2. The molecule has 0 unspecified atom stereocenters. The zero-order valence-electron chi connectivity index (χ0n) is 11.2. The molecule has 4 nitrogen and oxygen atoms in total. The van der Waals surface area contributed by atoms with E-state index >= 15 is 0 Å². The Morgan fingerprint density at radius 3 is 2.35 bits per heavy atom. The molecule has 1 heterocycles. The van der Waals surface area contributed by atoms with Crippen LogP contribution in [0.5, 0.6) is 0 Å². The third-order valence-corrected chi connectivity index (χ3v) is 4.82. The molecule has 0 aromatic heterocycles. The number of amides is 2. The van der Waals surface area contributed by atoms with Crippen molar-refractivity contribution in [2.24, 2.45) is 5.41 Å². The van der Waals surface area contributed by atoms with E-state index in [-0.39, 0.29) is 11.8 Å². The molecule has 0 atom stereocenters. The van der Waals surface area contributed by atoms with Gasteiger partial charge in [-0.1, -0.05) is 35.2 Å². The molecule has 1 aromatic rings. The number of hydrogen-bond acceptors (Lipinski definition) is 3. The van der Waals surface area contributed by atoms with Crippen molar-refractivity contribution < 1.29 is 9.59 Å². The molecule has 0 bridgehead atoms. The normalized spacial score (nSPS) is 21.6. The number of halogens is 1. The smallest absolute Gasteiger partial charge is 0.254 e. The minimum absolute atomic E-state index is 0.0508. The zero-order chi connectivity index (χ0) is 14.2. The molecule has 1 saturated carbocycles. The van der Waals surface area contributed by atoms with Crippen LogP contribution in [0.1, 0.15) is 38.5 Å². The molecule has 1 aliphatic carbocycles. The van der Waals surface area contributed by atoms with E-state index in [2.05, 4.69) is 21.4 Å². The van der Waals surface area contributed by atoms with Crippen molar-refractivity contribution >= 4 is 33.4 Å². The molecule has 3 rings (SSSR count). The summed E-state index contributed by atoms with van der Waals surface area (Å²) in [4.78, 5) is 24.8. The fourth-order valence-electron chi connectivity index (χ4n) is 3.18. The lowest BCUT2D eigenvalue weighted by Crippen LogP contribution is -2.40. The van der Waals surface area contributed by atoms with Crippen LogP contribution in [-0.2, 0) is 9.59 Å². The third kappa shape index (κ3) is 2.35. The first-order valence-electron chi connectivity index (χ1n) is 7.00. The second-order valence-corrected chi connectivity index (χ2v) is 6.59. The summed E-state index contributed by atoms with van der Waals surface area (Å²) in [6.45, 7) is 0. The number of rotatable bonds is 2. The van der Waals surface area contributed by atoms with Gasteiger partial charge in [-0.15, -0.1) is 0 Å². The number of imide groups is 1. The lowest BCUT2D eigenvalue weighted by atomic mass is 9.73. The first-order chi connectivity index (χ1) is 9.61. The Morgan fingerprint density at radius 2 is 1.70 bits per heavy atom. The molecular formula is C15H17BrN2O2. The number of benzene rings is 1. The largest absolute Gasteiger partial charge is 0.289 e. The second kappa shape index (κ2) is 5.20. The standard InChI is InChI=1S/C15H17BrN2O2/c16-11-4-6-12(7-5-11)17-18-13(19)10-15(14(18)20)8-2-1-3-9-15/h4-7,17H,1-3,8-10H2. The monoisotopic (exact) mass is 336 g/mol. The predicted molar refractivity (Wildman–Crippen MR) is 79.8 cm³/mol. The average Bonchev–Trinajstić information content (AvgIpc) is 2.67. The van der Waals surface area contributed by atoms with Gasteiger partial charge in [0.05, 0.1) is 11.1 Å². The molecule has 2 aliphatic rings. The Bertz CT molecular complexity index is 535. The van der Waals surface area contributed by atoms with E-state index in [9.17, 15) is 9.59 Å². The molecule has 1 spiro atoms. The van der Waals surface area contributed by atoms with Gasteiger partial charge in [-0.3, -0.25) is 15.0 Å². The van der Waals surface area contributed by atoms with Gasteiger partial charge in [-0.25, -0.2) is 0 Å². The highest BCUT2D eigenvalue weighted by Gasteiger charge is 2.51. The second-order valence-electron chi connectivity index (χ2n) is 5.67. The van der Waals surface area contributed by atoms with E-state index < -0.39 is 5.41 Å². The van der Waals surface area contributed by atoms with Gasteiger partial charge >= 0.3 is 0 Å². The van der Waals surface area contributed by atoms with Crippen molar-refractivity contribution in [3.05, 3.63) is 28.7 Å². The molecule has 106 valence electrons. The number of carbonyl (C=O) groups is 2. The van der Waals surface area contributed by atoms with Crippen LogP contribution in [0.2, 0.25) is 0 Å². The maximum absolute atomic E-state index is 12.6. The zero-order valence-corrected chi connectivity index (χ0v) is 12.8. The summed E-state index contributed by atoms with van der Waals surface area (Å²) in [6, 6.07) is 7.44. The summed E-state index contributed by atoms with van der Waals surface area (Å²) >= 11 is 3.36. The van der Waals surface area contributed by atoms with Gasteiger partial charge in [0.25, 0.3) is 5.91 Å². The topological polar surface area (TPSA) is 49.4 Å². The van der Waals surface area contributed by atoms with Crippen LogP contribution in [0, 0.1) is 5.41 Å². The van der Waals surface area contributed by atoms with Gasteiger partial charge in [0, 0.05) is 10.9 Å². The van der Waals surface area contributed by atoms with Crippen LogP contribution < -0.4 is 5.43 Å². The molecule has 2 amide bonds. The van der Waals surface area contributed by atoms with Gasteiger partial charge in [0.2, 0.25) is 5.91 Å². The highest BCUT2D eigenvalue weighted by atomic mass is 79.9. The van der Waals surface area contributed by atoms with Gasteiger partial charge in [0.1, 0.15) is 0 Å². The van der Waals surface area contributed by atoms with Crippen molar-refractivity contribution in [3.8, 4) is 0 Å². The van der Waals surface area contributed by atoms with Crippen molar-refractivity contribution in [1.29, 1.82) is 0 Å². The van der Waals surface area contributed by atoms with Crippen LogP contribution in [-0.4, -0.2) is 16.8 Å². The van der Waals surface area contributed by atoms with Gasteiger partial charge in [-0.05, 0) is 37.1 Å². The van der Waals surface area contributed by atoms with E-state index in [1.54, 1.807) is 0 Å². The molecule has 5 heteroatoms. The van der Waals surface area contributed by atoms with E-state index in [1.807, 2.05) is 24.3 Å². The SMILES string of the molecule is O=C1CC2(CCCCC2)C(=O)N1Nc1ccc(Br)cc1. The minimum atomic E-state index is -0.433. The summed E-state index contributed by atoms with van der Waals surface area (Å²) in [5, 5.41) is 1.22. The minimum Gasteiger partial charge on any atom is -0.289 e. The van der Waals surface area contributed by atoms with E-state index in [0.717, 1.165) is 35.8 Å². The molecule has 1 aromatic carbocycles. The van der Waals surface area contributed by atoms with Crippen molar-refractivity contribution in [2.45, 2.75) is 38.5 Å². The quantitative estimate of drug-likeness (QED) is 0.841. The molecule has 1 N–H and O–H groups in total. The number of nitrogens with zero attached hydrogens (tertiary/aromatic N) is 1. The summed E-state index contributed by atoms with van der Waals surface area (Å²) in [7, 11) is 0. The maximum Gasteiger partial charge on any atom is 0.254 e. The van der Waals surface area contributed by atoms with Crippen LogP contribution in [0.3, 0.4) is 0 Å². The molecule has 2 fully saturated rings. The lowest BCUT2D eigenvalue weighted by Gasteiger charge is -2.30. The van der Waals surface area contributed by atoms with Crippen LogP contribution >= 0.6 is 15.9 Å². The van der Waals surface area contributed by atoms with Crippen LogP contribution in [0.25, 0.3) is 0 Å². The Labute approximate surface area is 126 Å². The van der Waals surface area contributed by atoms with Crippen molar-refractivity contribution in [1.82, 2.24) is 5.01 Å². The van der Waals surface area contributed by atoms with E-state index in [1.165, 1.54) is 11.4 Å². The molecule has 1 saturated heterocycles. The third-order valence-electron chi connectivity index (χ3n) is 4.29. The molecule has 20 heavy (non-hydrogen) atoms. The summed E-state index contributed by atoms with van der Waals surface area (Å²) in [5.74, 6) is -0.162. The Kier molecular flexibility index (Phi) is 3.54. The number of anilines is 1. The first kappa shape index (κ1) is 13.6.